The molecule has 1 aromatic rings. The molecule has 4 nitrogen and oxygen atoms in total. The number of carboxylic acid groups (broad SMARTS) is 1. The van der Waals surface area contributed by atoms with Crippen molar-refractivity contribution in [1.29, 1.82) is 0 Å². The van der Waals surface area contributed by atoms with Crippen LogP contribution in [-0.2, 0) is 6.42 Å². The minimum Gasteiger partial charge on any atom is -0.478 e. The Bertz CT molecular complexity index is 459. The lowest BCUT2D eigenvalue weighted by Crippen LogP contribution is -2.20. The zero-order chi connectivity index (χ0) is 14.4. The minimum absolute atomic E-state index is 0.324. The van der Waals surface area contributed by atoms with Crippen LogP contribution in [0.25, 0.3) is 0 Å². The maximum Gasteiger partial charge on any atom is 0.335 e. The SMILES string of the molecule is CCCc1cc(C(=O)O)cc(NCC2CCSCC2)n1. The number of rotatable bonds is 6. The van der Waals surface area contributed by atoms with E-state index in [0.717, 1.165) is 25.1 Å². The topological polar surface area (TPSA) is 62.2 Å². The number of nitrogens with one attached hydrogen (secondary N) is 1. The molecule has 0 atom stereocenters. The van der Waals surface area contributed by atoms with Gasteiger partial charge in [0, 0.05) is 12.2 Å². The van der Waals surface area contributed by atoms with Crippen LogP contribution in [0.15, 0.2) is 12.1 Å². The van der Waals surface area contributed by atoms with Crippen molar-refractivity contribution in [2.75, 3.05) is 23.4 Å². The van der Waals surface area contributed by atoms with Crippen molar-refractivity contribution < 1.29 is 9.90 Å². The van der Waals surface area contributed by atoms with E-state index >= 15 is 0 Å². The Labute approximate surface area is 124 Å². The summed E-state index contributed by atoms with van der Waals surface area (Å²) in [6.45, 7) is 2.96. The number of carboxylic acids is 1. The standard InChI is InChI=1S/C15H22N2O2S/c1-2-3-13-8-12(15(18)19)9-14(17-13)16-10-11-4-6-20-7-5-11/h8-9,11H,2-7,10H2,1H3,(H,16,17)(H,18,19). The predicted octanol–water partition coefficient (Wildman–Crippen LogP) is 3.29. The Morgan fingerprint density at radius 1 is 1.45 bits per heavy atom. The van der Waals surface area contributed by atoms with E-state index < -0.39 is 5.97 Å². The molecule has 20 heavy (non-hydrogen) atoms. The summed E-state index contributed by atoms with van der Waals surface area (Å²) in [5, 5.41) is 12.5. The quantitative estimate of drug-likeness (QED) is 0.843. The Morgan fingerprint density at radius 3 is 2.85 bits per heavy atom. The highest BCUT2D eigenvalue weighted by Crippen LogP contribution is 2.23. The number of pyridine rings is 1. The molecular weight excluding hydrogens is 272 g/mol. The summed E-state index contributed by atoms with van der Waals surface area (Å²) in [7, 11) is 0. The molecule has 0 aliphatic carbocycles. The van der Waals surface area contributed by atoms with Gasteiger partial charge in [-0.2, -0.15) is 11.8 Å². The van der Waals surface area contributed by atoms with Gasteiger partial charge in [0.25, 0.3) is 0 Å². The van der Waals surface area contributed by atoms with E-state index in [1.807, 2.05) is 11.8 Å². The zero-order valence-corrected chi connectivity index (χ0v) is 12.7. The van der Waals surface area contributed by atoms with Crippen molar-refractivity contribution in [3.63, 3.8) is 0 Å². The molecule has 0 amide bonds. The lowest BCUT2D eigenvalue weighted by Gasteiger charge is -2.22. The predicted molar refractivity (Wildman–Crippen MR) is 83.7 cm³/mol. The van der Waals surface area contributed by atoms with E-state index in [-0.39, 0.29) is 0 Å². The lowest BCUT2D eigenvalue weighted by molar-refractivity contribution is 0.0696. The summed E-state index contributed by atoms with van der Waals surface area (Å²) in [5.41, 5.74) is 1.18. The van der Waals surface area contributed by atoms with E-state index in [2.05, 4.69) is 17.2 Å². The maximum atomic E-state index is 11.2. The second-order valence-corrected chi connectivity index (χ2v) is 6.45. The molecule has 0 saturated carbocycles. The third kappa shape index (κ3) is 4.40. The Morgan fingerprint density at radius 2 is 2.20 bits per heavy atom. The zero-order valence-electron chi connectivity index (χ0n) is 11.9. The van der Waals surface area contributed by atoms with Gasteiger partial charge in [-0.1, -0.05) is 13.3 Å². The molecule has 2 heterocycles. The molecule has 0 aromatic carbocycles. The molecule has 1 fully saturated rings. The first-order valence-corrected chi connectivity index (χ1v) is 8.40. The number of anilines is 1. The molecule has 0 bridgehead atoms. The highest BCUT2D eigenvalue weighted by molar-refractivity contribution is 7.99. The van der Waals surface area contributed by atoms with Crippen molar-refractivity contribution in [3.8, 4) is 0 Å². The van der Waals surface area contributed by atoms with E-state index in [9.17, 15) is 4.79 Å². The molecule has 1 aliphatic rings. The fourth-order valence-corrected chi connectivity index (χ4v) is 3.59. The second-order valence-electron chi connectivity index (χ2n) is 5.22. The number of nitrogens with zero attached hydrogens (tertiary/aromatic N) is 1. The molecule has 1 saturated heterocycles. The van der Waals surface area contributed by atoms with Gasteiger partial charge in [0.2, 0.25) is 0 Å². The molecule has 2 N–H and O–H groups in total. The number of aromatic nitrogens is 1. The van der Waals surface area contributed by atoms with E-state index in [0.29, 0.717) is 17.3 Å². The largest absolute Gasteiger partial charge is 0.478 e. The first-order chi connectivity index (χ1) is 9.69. The van der Waals surface area contributed by atoms with Crippen LogP contribution in [0.3, 0.4) is 0 Å². The van der Waals surface area contributed by atoms with E-state index in [1.54, 1.807) is 12.1 Å². The Hall–Kier alpha value is -1.23. The molecule has 5 heteroatoms. The molecular formula is C15H22N2O2S. The first kappa shape index (κ1) is 15.2. The number of carbonyl (C=O) groups is 1. The van der Waals surface area contributed by atoms with Gasteiger partial charge < -0.3 is 10.4 Å². The van der Waals surface area contributed by atoms with Gasteiger partial charge in [-0.15, -0.1) is 0 Å². The van der Waals surface area contributed by atoms with Gasteiger partial charge in [-0.25, -0.2) is 9.78 Å². The molecule has 0 unspecified atom stereocenters. The van der Waals surface area contributed by atoms with Crippen molar-refractivity contribution >= 4 is 23.5 Å². The van der Waals surface area contributed by atoms with Crippen molar-refractivity contribution in [2.45, 2.75) is 32.6 Å². The van der Waals surface area contributed by atoms with Crippen molar-refractivity contribution in [1.82, 2.24) is 4.98 Å². The fraction of sp³-hybridized carbons (Fsp3) is 0.600. The molecule has 1 aromatic heterocycles. The summed E-state index contributed by atoms with van der Waals surface area (Å²) in [5.74, 6) is 2.96. The van der Waals surface area contributed by atoms with Crippen LogP contribution in [0, 0.1) is 5.92 Å². The van der Waals surface area contributed by atoms with Crippen molar-refractivity contribution in [2.24, 2.45) is 5.92 Å². The highest BCUT2D eigenvalue weighted by atomic mass is 32.2. The van der Waals surface area contributed by atoms with E-state index in [4.69, 9.17) is 5.11 Å². The third-order valence-electron chi connectivity index (χ3n) is 3.54. The average Bonchev–Trinajstić information content (AvgIpc) is 2.46. The van der Waals surface area contributed by atoms with Crippen LogP contribution in [-0.4, -0.2) is 34.1 Å². The lowest BCUT2D eigenvalue weighted by atomic mass is 10.0. The maximum absolute atomic E-state index is 11.2. The summed E-state index contributed by atoms with van der Waals surface area (Å²) >= 11 is 2.01. The van der Waals surface area contributed by atoms with Gasteiger partial charge in [-0.05, 0) is 48.8 Å². The summed E-state index contributed by atoms with van der Waals surface area (Å²) in [4.78, 5) is 15.7. The molecule has 0 radical (unpaired) electrons. The van der Waals surface area contributed by atoms with Crippen LogP contribution < -0.4 is 5.32 Å². The van der Waals surface area contributed by atoms with Gasteiger partial charge in [0.05, 0.1) is 5.56 Å². The molecule has 2 rings (SSSR count). The number of thioether (sulfide) groups is 1. The molecule has 110 valence electrons. The van der Waals surface area contributed by atoms with Gasteiger partial charge in [0.1, 0.15) is 5.82 Å². The van der Waals surface area contributed by atoms with Crippen LogP contribution in [0.1, 0.15) is 42.2 Å². The van der Waals surface area contributed by atoms with Gasteiger partial charge >= 0.3 is 5.97 Å². The summed E-state index contributed by atoms with van der Waals surface area (Å²) in [6, 6.07) is 3.31. The van der Waals surface area contributed by atoms with Crippen LogP contribution >= 0.6 is 11.8 Å². The molecule has 0 spiro atoms. The Balaban J connectivity index is 2.03. The van der Waals surface area contributed by atoms with Gasteiger partial charge in [-0.3, -0.25) is 0 Å². The number of aryl methyl sites for hydroxylation is 1. The normalized spacial score (nSPS) is 16.1. The monoisotopic (exact) mass is 294 g/mol. The van der Waals surface area contributed by atoms with Crippen LogP contribution in [0.4, 0.5) is 5.82 Å². The second kappa shape index (κ2) is 7.53. The number of aromatic carboxylic acids is 1. The number of hydrogen-bond acceptors (Lipinski definition) is 4. The highest BCUT2D eigenvalue weighted by Gasteiger charge is 2.14. The fourth-order valence-electron chi connectivity index (χ4n) is 2.39. The first-order valence-electron chi connectivity index (χ1n) is 7.25. The Kier molecular flexibility index (Phi) is 5.71. The summed E-state index contributed by atoms with van der Waals surface area (Å²) in [6.07, 6.45) is 4.25. The van der Waals surface area contributed by atoms with Gasteiger partial charge in [0.15, 0.2) is 0 Å². The smallest absolute Gasteiger partial charge is 0.335 e. The van der Waals surface area contributed by atoms with E-state index in [1.165, 1.54) is 24.3 Å². The minimum atomic E-state index is -0.887. The van der Waals surface area contributed by atoms with Crippen molar-refractivity contribution in [3.05, 3.63) is 23.4 Å². The number of hydrogen-bond donors (Lipinski definition) is 2. The molecule has 1 aliphatic heterocycles. The van der Waals surface area contributed by atoms with Crippen LogP contribution in [0.5, 0.6) is 0 Å². The summed E-state index contributed by atoms with van der Waals surface area (Å²) < 4.78 is 0. The average molecular weight is 294 g/mol. The third-order valence-corrected chi connectivity index (χ3v) is 4.59. The van der Waals surface area contributed by atoms with Crippen LogP contribution in [0.2, 0.25) is 0 Å².